The van der Waals surface area contributed by atoms with Gasteiger partial charge in [-0.25, -0.2) is 4.99 Å². The molecule has 0 aliphatic carbocycles. The van der Waals surface area contributed by atoms with Gasteiger partial charge in [-0.3, -0.25) is 0 Å². The zero-order valence-electron chi connectivity index (χ0n) is 10.7. The summed E-state index contributed by atoms with van der Waals surface area (Å²) in [5.41, 5.74) is -0.452. The van der Waals surface area contributed by atoms with Gasteiger partial charge in [0.15, 0.2) is 0 Å². The number of phenolic OH excluding ortho intramolecular Hbond substituents is 1. The first kappa shape index (κ1) is 15.1. The number of halogens is 3. The average Bonchev–Trinajstić information content (AvgIpc) is 2.26. The molecule has 1 N–H and O–H groups in total. The molecule has 0 saturated heterocycles. The molecule has 1 rings (SSSR count). The molecule has 0 aromatic heterocycles. The number of benzene rings is 1. The standard InChI is InChI=1S/C13H15F3N2O/c1-4-5-18(3)8-17-11-7-10(13(14,15)16)12(19)6-9(11)2/h4,6-8,19H,1,5H2,2-3H3. The van der Waals surface area contributed by atoms with Crippen LogP contribution in [0.25, 0.3) is 0 Å². The van der Waals surface area contributed by atoms with Crippen molar-refractivity contribution in [1.29, 1.82) is 0 Å². The van der Waals surface area contributed by atoms with Gasteiger partial charge in [0, 0.05) is 13.6 Å². The molecule has 0 heterocycles. The van der Waals surface area contributed by atoms with Crippen LogP contribution in [0.1, 0.15) is 11.1 Å². The van der Waals surface area contributed by atoms with Gasteiger partial charge >= 0.3 is 6.18 Å². The molecule has 0 spiro atoms. The van der Waals surface area contributed by atoms with Crippen LogP contribution in [-0.2, 0) is 6.18 Å². The molecular weight excluding hydrogens is 257 g/mol. The van der Waals surface area contributed by atoms with Crippen molar-refractivity contribution < 1.29 is 18.3 Å². The first-order valence-corrected chi connectivity index (χ1v) is 5.52. The summed E-state index contributed by atoms with van der Waals surface area (Å²) in [6, 6.07) is 1.89. The largest absolute Gasteiger partial charge is 0.507 e. The Hall–Kier alpha value is -1.98. The predicted molar refractivity (Wildman–Crippen MR) is 68.8 cm³/mol. The topological polar surface area (TPSA) is 35.8 Å². The van der Waals surface area contributed by atoms with E-state index in [1.807, 2.05) is 0 Å². The van der Waals surface area contributed by atoms with E-state index < -0.39 is 17.5 Å². The van der Waals surface area contributed by atoms with E-state index in [1.165, 1.54) is 6.34 Å². The lowest BCUT2D eigenvalue weighted by molar-refractivity contribution is -0.138. The zero-order chi connectivity index (χ0) is 14.6. The number of likely N-dealkylation sites (N-methyl/N-ethyl adjacent to an activating group) is 1. The quantitative estimate of drug-likeness (QED) is 0.517. The summed E-state index contributed by atoms with van der Waals surface area (Å²) >= 11 is 0. The summed E-state index contributed by atoms with van der Waals surface area (Å²) in [5.74, 6) is -0.789. The zero-order valence-corrected chi connectivity index (χ0v) is 10.7. The lowest BCUT2D eigenvalue weighted by atomic mass is 10.1. The van der Waals surface area contributed by atoms with E-state index in [4.69, 9.17) is 0 Å². The van der Waals surface area contributed by atoms with Crippen LogP contribution < -0.4 is 0 Å². The van der Waals surface area contributed by atoms with Crippen LogP contribution >= 0.6 is 0 Å². The third-order valence-corrected chi connectivity index (χ3v) is 2.43. The van der Waals surface area contributed by atoms with Crippen LogP contribution in [0.2, 0.25) is 0 Å². The van der Waals surface area contributed by atoms with Crippen molar-refractivity contribution in [3.63, 3.8) is 0 Å². The molecule has 0 saturated carbocycles. The molecule has 0 unspecified atom stereocenters. The van der Waals surface area contributed by atoms with Gasteiger partial charge in [0.1, 0.15) is 5.75 Å². The molecule has 0 bridgehead atoms. The summed E-state index contributed by atoms with van der Waals surface area (Å²) in [6.07, 6.45) is -1.53. The van der Waals surface area contributed by atoms with Crippen molar-refractivity contribution in [1.82, 2.24) is 4.90 Å². The summed E-state index contributed by atoms with van der Waals surface area (Å²) in [4.78, 5) is 5.65. The Morgan fingerprint density at radius 1 is 1.42 bits per heavy atom. The Labute approximate surface area is 109 Å². The summed E-state index contributed by atoms with van der Waals surface area (Å²) in [7, 11) is 1.73. The van der Waals surface area contributed by atoms with Gasteiger partial charge in [-0.1, -0.05) is 6.08 Å². The van der Waals surface area contributed by atoms with Crippen LogP contribution in [0, 0.1) is 6.92 Å². The van der Waals surface area contributed by atoms with Crippen LogP contribution in [-0.4, -0.2) is 29.9 Å². The number of aliphatic imine (C=N–C) groups is 1. The Kier molecular flexibility index (Phi) is 4.58. The fraction of sp³-hybridized carbons (Fsp3) is 0.308. The maximum atomic E-state index is 12.6. The van der Waals surface area contributed by atoms with E-state index in [-0.39, 0.29) is 5.69 Å². The second-order valence-corrected chi connectivity index (χ2v) is 4.13. The van der Waals surface area contributed by atoms with Gasteiger partial charge in [-0.2, -0.15) is 13.2 Å². The highest BCUT2D eigenvalue weighted by atomic mass is 19.4. The van der Waals surface area contributed by atoms with Gasteiger partial charge < -0.3 is 10.0 Å². The Bertz CT molecular complexity index is 495. The lowest BCUT2D eigenvalue weighted by Crippen LogP contribution is -2.15. The Morgan fingerprint density at radius 2 is 2.05 bits per heavy atom. The number of alkyl halides is 3. The summed E-state index contributed by atoms with van der Waals surface area (Å²) in [5, 5.41) is 9.32. The molecule has 0 aliphatic heterocycles. The van der Waals surface area contributed by atoms with Crippen molar-refractivity contribution >= 4 is 12.0 Å². The van der Waals surface area contributed by atoms with Crippen LogP contribution in [0.15, 0.2) is 29.8 Å². The molecule has 3 nitrogen and oxygen atoms in total. The number of hydrogen-bond donors (Lipinski definition) is 1. The molecule has 104 valence electrons. The number of phenols is 1. The highest BCUT2D eigenvalue weighted by Gasteiger charge is 2.34. The van der Waals surface area contributed by atoms with E-state index >= 15 is 0 Å². The van der Waals surface area contributed by atoms with Crippen LogP contribution in [0.3, 0.4) is 0 Å². The molecule has 0 atom stereocenters. The monoisotopic (exact) mass is 272 g/mol. The second-order valence-electron chi connectivity index (χ2n) is 4.13. The smallest absolute Gasteiger partial charge is 0.420 e. The third kappa shape index (κ3) is 4.01. The van der Waals surface area contributed by atoms with E-state index in [9.17, 15) is 18.3 Å². The minimum atomic E-state index is -4.60. The molecule has 19 heavy (non-hydrogen) atoms. The highest BCUT2D eigenvalue weighted by molar-refractivity contribution is 5.65. The van der Waals surface area contributed by atoms with Crippen molar-refractivity contribution in [2.75, 3.05) is 13.6 Å². The number of aromatic hydroxyl groups is 1. The molecule has 0 aliphatic rings. The Balaban J connectivity index is 3.12. The van der Waals surface area contributed by atoms with Crippen molar-refractivity contribution in [3.05, 3.63) is 35.9 Å². The third-order valence-electron chi connectivity index (χ3n) is 2.43. The maximum Gasteiger partial charge on any atom is 0.420 e. The molecule has 1 aromatic carbocycles. The number of rotatable bonds is 4. The van der Waals surface area contributed by atoms with Gasteiger partial charge in [0.2, 0.25) is 0 Å². The van der Waals surface area contributed by atoms with Crippen molar-refractivity contribution in [2.24, 2.45) is 4.99 Å². The first-order valence-electron chi connectivity index (χ1n) is 5.52. The van der Waals surface area contributed by atoms with Gasteiger partial charge in [-0.05, 0) is 24.6 Å². The summed E-state index contributed by atoms with van der Waals surface area (Å²) < 4.78 is 37.9. The highest BCUT2D eigenvalue weighted by Crippen LogP contribution is 2.39. The fourth-order valence-electron chi connectivity index (χ4n) is 1.46. The predicted octanol–water partition coefficient (Wildman–Crippen LogP) is 3.50. The molecule has 0 radical (unpaired) electrons. The maximum absolute atomic E-state index is 12.6. The van der Waals surface area contributed by atoms with Gasteiger partial charge in [-0.15, -0.1) is 6.58 Å². The van der Waals surface area contributed by atoms with E-state index in [0.717, 1.165) is 12.1 Å². The molecule has 0 fully saturated rings. The van der Waals surface area contributed by atoms with E-state index in [0.29, 0.717) is 12.1 Å². The van der Waals surface area contributed by atoms with Crippen molar-refractivity contribution in [3.8, 4) is 5.75 Å². The molecule has 0 amide bonds. The first-order chi connectivity index (χ1) is 8.75. The van der Waals surface area contributed by atoms with Gasteiger partial charge in [0.25, 0.3) is 0 Å². The van der Waals surface area contributed by atoms with E-state index in [1.54, 1.807) is 24.9 Å². The fourth-order valence-corrected chi connectivity index (χ4v) is 1.46. The molecule has 6 heteroatoms. The number of hydrogen-bond acceptors (Lipinski definition) is 2. The average molecular weight is 272 g/mol. The minimum Gasteiger partial charge on any atom is -0.507 e. The van der Waals surface area contributed by atoms with Gasteiger partial charge in [0.05, 0.1) is 17.6 Å². The van der Waals surface area contributed by atoms with Crippen LogP contribution in [0.4, 0.5) is 18.9 Å². The second kappa shape index (κ2) is 5.77. The van der Waals surface area contributed by atoms with Crippen LogP contribution in [0.5, 0.6) is 5.75 Å². The van der Waals surface area contributed by atoms with E-state index in [2.05, 4.69) is 11.6 Å². The normalized spacial score (nSPS) is 11.8. The Morgan fingerprint density at radius 3 is 2.58 bits per heavy atom. The molecule has 1 aromatic rings. The molecular formula is C13H15F3N2O. The lowest BCUT2D eigenvalue weighted by Gasteiger charge is -2.12. The van der Waals surface area contributed by atoms with Crippen molar-refractivity contribution in [2.45, 2.75) is 13.1 Å². The SMILES string of the molecule is C=CCN(C)C=Nc1cc(C(F)(F)F)c(O)cc1C. The number of aryl methyl sites for hydroxylation is 1. The minimum absolute atomic E-state index is 0.168. The number of nitrogens with zero attached hydrogens (tertiary/aromatic N) is 2. The summed E-state index contributed by atoms with van der Waals surface area (Å²) in [6.45, 7) is 5.66.